The molecule has 0 aliphatic carbocycles. The first-order valence-corrected chi connectivity index (χ1v) is 1.77. The first kappa shape index (κ1) is 12.7. The number of carboxylic acid groups (broad SMARTS) is 1. The first-order chi connectivity index (χ1) is 4.04. The Hall–Kier alpha value is 0.0288. The maximum absolute atomic E-state index is 9.67. The molecule has 0 fully saturated rings. The van der Waals surface area contributed by atoms with Crippen molar-refractivity contribution in [1.82, 2.24) is 0 Å². The summed E-state index contributed by atoms with van der Waals surface area (Å²) < 4.78 is 3.10. The fourth-order valence-electron chi connectivity index (χ4n) is 0.136. The van der Waals surface area contributed by atoms with Crippen molar-refractivity contribution < 1.29 is 62.1 Å². The van der Waals surface area contributed by atoms with Gasteiger partial charge in [-0.1, -0.05) is 0 Å². The second-order valence-corrected chi connectivity index (χ2v) is 0.981. The number of rotatable bonds is 1. The van der Waals surface area contributed by atoms with Crippen LogP contribution in [0.3, 0.4) is 0 Å². The van der Waals surface area contributed by atoms with Crippen molar-refractivity contribution in [2.45, 2.75) is 0 Å². The molecule has 0 unspecified atom stereocenters. The van der Waals surface area contributed by atoms with E-state index in [-0.39, 0.29) is 32.7 Å². The number of carboxylic acids is 1. The normalized spacial score (nSPS) is 7.40. The van der Waals surface area contributed by atoms with Gasteiger partial charge in [0.25, 0.3) is 0 Å². The zero-order chi connectivity index (χ0) is 7.44. The van der Waals surface area contributed by atoms with Crippen LogP contribution in [0.25, 0.3) is 0 Å². The van der Waals surface area contributed by atoms with Crippen LogP contribution in [0.4, 0.5) is 0 Å². The molecule has 50 valence electrons. The standard InChI is InChI=1S/C2HBO6.Y/c4-1(5)2(6)9-3(7)8;/h(H,4,5);/q-2;+3/p-1. The average molecular weight is 220 g/mol. The molecular weight excluding hydrogens is 220 g/mol. The van der Waals surface area contributed by atoms with Gasteiger partial charge < -0.3 is 24.6 Å². The molecule has 0 saturated heterocycles. The van der Waals surface area contributed by atoms with Gasteiger partial charge in [-0.15, -0.1) is 0 Å². The van der Waals surface area contributed by atoms with Crippen molar-refractivity contribution in [1.29, 1.82) is 0 Å². The minimum Gasteiger partial charge on any atom is -0.860 e. The van der Waals surface area contributed by atoms with Crippen LogP contribution in [0, 0.1) is 0 Å². The first-order valence-electron chi connectivity index (χ1n) is 1.77. The molecule has 0 aromatic carbocycles. The molecule has 0 N–H and O–H groups in total. The third kappa shape index (κ3) is 6.15. The van der Waals surface area contributed by atoms with Crippen LogP contribution in [-0.2, 0) is 47.0 Å². The quantitative estimate of drug-likeness (QED) is 0.322. The summed E-state index contributed by atoms with van der Waals surface area (Å²) in [5.41, 5.74) is 0. The van der Waals surface area contributed by atoms with Gasteiger partial charge in [-0.25, -0.2) is 4.79 Å². The summed E-state index contributed by atoms with van der Waals surface area (Å²) in [5.74, 6) is -4.14. The molecule has 0 saturated carbocycles. The van der Waals surface area contributed by atoms with E-state index >= 15 is 0 Å². The van der Waals surface area contributed by atoms with Crippen LogP contribution < -0.4 is 15.2 Å². The number of hydrogen-bond donors (Lipinski definition) is 0. The third-order valence-electron chi connectivity index (χ3n) is 0.370. The average Bonchev–Trinajstić information content (AvgIpc) is 1.63. The predicted octanol–water partition coefficient (Wildman–Crippen LogP) is -5.02. The van der Waals surface area contributed by atoms with Crippen molar-refractivity contribution in [3.05, 3.63) is 0 Å². The van der Waals surface area contributed by atoms with E-state index in [1.54, 1.807) is 0 Å². The summed E-state index contributed by atoms with van der Waals surface area (Å²) in [7, 11) is -2.91. The minimum atomic E-state index is -2.91. The molecule has 0 aromatic rings. The smallest absolute Gasteiger partial charge is 0.860 e. The second kappa shape index (κ2) is 5.79. The molecule has 0 rings (SSSR count). The number of carbonyl (C=O) groups is 2. The second-order valence-electron chi connectivity index (χ2n) is 0.981. The van der Waals surface area contributed by atoms with E-state index in [0.717, 1.165) is 0 Å². The number of aliphatic carboxylic acids is 1. The molecule has 0 radical (unpaired) electrons. The third-order valence-corrected chi connectivity index (χ3v) is 0.370. The Balaban J connectivity index is 0. The molecule has 0 aliphatic heterocycles. The summed E-state index contributed by atoms with van der Waals surface area (Å²) in [6, 6.07) is 0. The number of carbonyl (C=O) groups excluding carboxylic acids is 2. The van der Waals surface area contributed by atoms with Crippen molar-refractivity contribution in [2.75, 3.05) is 0 Å². The predicted molar refractivity (Wildman–Crippen MR) is 16.9 cm³/mol. The Morgan fingerprint density at radius 1 is 1.30 bits per heavy atom. The van der Waals surface area contributed by atoms with Gasteiger partial charge in [0, 0.05) is 0 Å². The van der Waals surface area contributed by atoms with Gasteiger partial charge >= 0.3 is 38.7 Å². The summed E-state index contributed by atoms with van der Waals surface area (Å²) in [5, 5.41) is 28.1. The molecule has 0 aromatic heterocycles. The van der Waals surface area contributed by atoms with Crippen LogP contribution in [0.1, 0.15) is 0 Å². The van der Waals surface area contributed by atoms with E-state index < -0.39 is 19.3 Å². The van der Waals surface area contributed by atoms with E-state index in [4.69, 9.17) is 0 Å². The Labute approximate surface area is 81.2 Å². The van der Waals surface area contributed by atoms with E-state index in [0.29, 0.717) is 0 Å². The Morgan fingerprint density at radius 2 is 1.70 bits per heavy atom. The molecule has 0 amide bonds. The molecule has 10 heavy (non-hydrogen) atoms. The molecule has 6 nitrogen and oxygen atoms in total. The molecule has 0 bridgehead atoms. The zero-order valence-electron chi connectivity index (χ0n) is 4.60. The molecule has 0 aliphatic rings. The van der Waals surface area contributed by atoms with Gasteiger partial charge in [-0.05, 0) is 0 Å². The summed E-state index contributed by atoms with van der Waals surface area (Å²) in [4.78, 5) is 19.0. The van der Waals surface area contributed by atoms with Crippen LogP contribution >= 0.6 is 0 Å². The minimum absolute atomic E-state index is 0. The van der Waals surface area contributed by atoms with E-state index in [2.05, 4.69) is 4.65 Å². The molecule has 8 heteroatoms. The van der Waals surface area contributed by atoms with Gasteiger partial charge in [-0.3, -0.25) is 0 Å². The van der Waals surface area contributed by atoms with Crippen molar-refractivity contribution in [3.63, 3.8) is 0 Å². The molecule has 0 atom stereocenters. The van der Waals surface area contributed by atoms with Crippen LogP contribution in [-0.4, -0.2) is 19.3 Å². The summed E-state index contributed by atoms with van der Waals surface area (Å²) >= 11 is 0. The Bertz CT molecular complexity index is 134. The maximum Gasteiger partial charge on any atom is 3.00 e. The van der Waals surface area contributed by atoms with Crippen LogP contribution in [0.15, 0.2) is 0 Å². The molecule has 0 heterocycles. The Morgan fingerprint density at radius 3 is 1.80 bits per heavy atom. The van der Waals surface area contributed by atoms with Crippen molar-refractivity contribution >= 4 is 19.3 Å². The fourth-order valence-corrected chi connectivity index (χ4v) is 0.136. The van der Waals surface area contributed by atoms with Crippen LogP contribution in [0.5, 0.6) is 0 Å². The van der Waals surface area contributed by atoms with Crippen LogP contribution in [0.2, 0.25) is 0 Å². The maximum atomic E-state index is 9.67. The molecule has 0 spiro atoms. The number of hydrogen-bond acceptors (Lipinski definition) is 6. The summed E-state index contributed by atoms with van der Waals surface area (Å²) in [6.45, 7) is 0. The molecular formula is C2BO6Y. The SMILES string of the molecule is O=C([O-])C(=O)OB([O-])[O-].[Y+3]. The zero-order valence-corrected chi connectivity index (χ0v) is 7.44. The van der Waals surface area contributed by atoms with Gasteiger partial charge in [-0.2, -0.15) is 0 Å². The van der Waals surface area contributed by atoms with Gasteiger partial charge in [0.15, 0.2) is 5.97 Å². The fraction of sp³-hybridized carbons (Fsp3) is 0. The van der Waals surface area contributed by atoms with Gasteiger partial charge in [0.2, 0.25) is 0 Å². The van der Waals surface area contributed by atoms with Crippen molar-refractivity contribution in [3.8, 4) is 0 Å². The summed E-state index contributed by atoms with van der Waals surface area (Å²) in [6.07, 6.45) is 0. The monoisotopic (exact) mass is 220 g/mol. The largest absolute Gasteiger partial charge is 3.00 e. The van der Waals surface area contributed by atoms with Crippen molar-refractivity contribution in [2.24, 2.45) is 0 Å². The Kier molecular flexibility index (Phi) is 7.34. The van der Waals surface area contributed by atoms with E-state index in [1.807, 2.05) is 0 Å². The van der Waals surface area contributed by atoms with E-state index in [1.165, 1.54) is 0 Å². The van der Waals surface area contributed by atoms with Gasteiger partial charge in [0.1, 0.15) is 7.32 Å². The van der Waals surface area contributed by atoms with Gasteiger partial charge in [0.05, 0.1) is 0 Å². The van der Waals surface area contributed by atoms with E-state index in [9.17, 15) is 24.7 Å². The topological polar surface area (TPSA) is 113 Å².